The second kappa shape index (κ2) is 9.09. The average Bonchev–Trinajstić information content (AvgIpc) is 3.43. The standard InChI is InChI=1S/C28H26N4O5/c1-33-19-11-7-6-10-18(19)26-23-24(17-9-5-8-12-20(17)37-26)31-28-29-15-30-32(28)25(23)16-13-21(34-2)27(36-4)22(14-16)35-3/h5-15,25-26H,1-4H3,(H,29,30,31)/t25-,26+/m1/s1. The van der Waals surface area contributed by atoms with E-state index in [4.69, 9.17) is 23.7 Å². The Morgan fingerprint density at radius 1 is 0.838 bits per heavy atom. The Balaban J connectivity index is 1.65. The zero-order valence-electron chi connectivity index (χ0n) is 20.9. The van der Waals surface area contributed by atoms with Crippen molar-refractivity contribution in [1.82, 2.24) is 14.8 Å². The van der Waals surface area contributed by atoms with Crippen LogP contribution < -0.4 is 29.0 Å². The summed E-state index contributed by atoms with van der Waals surface area (Å²) in [4.78, 5) is 4.50. The highest BCUT2D eigenvalue weighted by Gasteiger charge is 2.42. The number of anilines is 1. The summed E-state index contributed by atoms with van der Waals surface area (Å²) in [6.07, 6.45) is 1.06. The van der Waals surface area contributed by atoms with Gasteiger partial charge in [0.15, 0.2) is 17.6 Å². The van der Waals surface area contributed by atoms with Crippen molar-refractivity contribution in [3.05, 3.63) is 89.3 Å². The van der Waals surface area contributed by atoms with Crippen LogP contribution in [-0.4, -0.2) is 43.2 Å². The van der Waals surface area contributed by atoms with Gasteiger partial charge in [-0.15, -0.1) is 0 Å². The summed E-state index contributed by atoms with van der Waals surface area (Å²) in [5.74, 6) is 3.72. The quantitative estimate of drug-likeness (QED) is 0.403. The van der Waals surface area contributed by atoms with E-state index in [-0.39, 0.29) is 0 Å². The number of methoxy groups -OCH3 is 4. The molecule has 6 rings (SSSR count). The number of hydrogen-bond donors (Lipinski definition) is 1. The number of benzene rings is 3. The van der Waals surface area contributed by atoms with Gasteiger partial charge in [-0.3, -0.25) is 0 Å². The Hall–Kier alpha value is -4.66. The summed E-state index contributed by atoms with van der Waals surface area (Å²) in [6.45, 7) is 0. The lowest BCUT2D eigenvalue weighted by atomic mass is 9.84. The van der Waals surface area contributed by atoms with E-state index in [0.29, 0.717) is 23.2 Å². The molecule has 0 fully saturated rings. The van der Waals surface area contributed by atoms with E-state index in [0.717, 1.165) is 39.5 Å². The summed E-state index contributed by atoms with van der Waals surface area (Å²) in [7, 11) is 6.46. The van der Waals surface area contributed by atoms with E-state index in [1.165, 1.54) is 6.33 Å². The summed E-state index contributed by atoms with van der Waals surface area (Å²) in [5.41, 5.74) is 4.58. The lowest BCUT2D eigenvalue weighted by molar-refractivity contribution is 0.217. The number of nitrogens with zero attached hydrogens (tertiary/aromatic N) is 3. The Morgan fingerprint density at radius 3 is 2.27 bits per heavy atom. The van der Waals surface area contributed by atoms with Crippen LogP contribution in [0.4, 0.5) is 5.95 Å². The first-order valence-electron chi connectivity index (χ1n) is 11.8. The van der Waals surface area contributed by atoms with E-state index in [2.05, 4.69) is 15.4 Å². The van der Waals surface area contributed by atoms with Crippen molar-refractivity contribution in [2.24, 2.45) is 0 Å². The van der Waals surface area contributed by atoms with Gasteiger partial charge in [-0.25, -0.2) is 4.68 Å². The van der Waals surface area contributed by atoms with Crippen LogP contribution in [0.2, 0.25) is 0 Å². The van der Waals surface area contributed by atoms with Crippen molar-refractivity contribution in [2.75, 3.05) is 33.8 Å². The Labute approximate surface area is 214 Å². The third-order valence-electron chi connectivity index (χ3n) is 6.75. The lowest BCUT2D eigenvalue weighted by Crippen LogP contribution is -2.32. The molecule has 9 nitrogen and oxygen atoms in total. The molecule has 4 aromatic rings. The van der Waals surface area contributed by atoms with Gasteiger partial charge in [-0.2, -0.15) is 10.1 Å². The zero-order chi connectivity index (χ0) is 25.5. The number of rotatable bonds is 6. The number of aromatic nitrogens is 3. The van der Waals surface area contributed by atoms with Gasteiger partial charge in [-0.05, 0) is 35.9 Å². The highest BCUT2D eigenvalue weighted by Crippen LogP contribution is 2.53. The molecule has 0 spiro atoms. The summed E-state index contributed by atoms with van der Waals surface area (Å²) >= 11 is 0. The number of para-hydroxylation sites is 2. The molecule has 2 aliphatic rings. The van der Waals surface area contributed by atoms with Crippen LogP contribution in [0.5, 0.6) is 28.7 Å². The van der Waals surface area contributed by atoms with Crippen molar-refractivity contribution < 1.29 is 23.7 Å². The minimum atomic E-state index is -0.477. The molecule has 37 heavy (non-hydrogen) atoms. The minimum Gasteiger partial charge on any atom is -0.496 e. The molecule has 9 heteroatoms. The van der Waals surface area contributed by atoms with Gasteiger partial charge in [0.05, 0.1) is 34.1 Å². The summed E-state index contributed by atoms with van der Waals surface area (Å²) < 4.78 is 31.3. The second-order valence-corrected chi connectivity index (χ2v) is 8.58. The number of ether oxygens (including phenoxy) is 5. The van der Waals surface area contributed by atoms with Crippen LogP contribution >= 0.6 is 0 Å². The third kappa shape index (κ3) is 3.54. The molecule has 3 heterocycles. The van der Waals surface area contributed by atoms with Gasteiger partial charge in [0.2, 0.25) is 11.7 Å². The summed E-state index contributed by atoms with van der Waals surface area (Å²) in [6, 6.07) is 19.3. The topological polar surface area (TPSA) is 88.9 Å². The first kappa shape index (κ1) is 22.8. The first-order chi connectivity index (χ1) is 18.2. The molecule has 0 aliphatic carbocycles. The van der Waals surface area contributed by atoms with Crippen molar-refractivity contribution in [1.29, 1.82) is 0 Å². The summed E-state index contributed by atoms with van der Waals surface area (Å²) in [5, 5.41) is 8.11. The molecule has 0 saturated heterocycles. The third-order valence-corrected chi connectivity index (χ3v) is 6.75. The Bertz CT molecular complexity index is 1490. The maximum absolute atomic E-state index is 6.70. The monoisotopic (exact) mass is 498 g/mol. The molecule has 0 bridgehead atoms. The maximum Gasteiger partial charge on any atom is 0.226 e. The average molecular weight is 499 g/mol. The molecule has 2 atom stereocenters. The van der Waals surface area contributed by atoms with Crippen LogP contribution in [0, 0.1) is 0 Å². The number of nitrogens with one attached hydrogen (secondary N) is 1. The van der Waals surface area contributed by atoms with Gasteiger partial charge in [0.25, 0.3) is 0 Å². The maximum atomic E-state index is 6.70. The minimum absolute atomic E-state index is 0.397. The SMILES string of the molecule is COc1ccccc1[C@@H]1Oc2ccccc2C2=C1[C@@H](c1cc(OC)c(OC)c(OC)c1)n1ncnc1N2. The first-order valence-corrected chi connectivity index (χ1v) is 11.8. The number of hydrogen-bond acceptors (Lipinski definition) is 8. The fourth-order valence-electron chi connectivity index (χ4n) is 5.14. The Morgan fingerprint density at radius 2 is 1.54 bits per heavy atom. The van der Waals surface area contributed by atoms with Crippen LogP contribution in [-0.2, 0) is 0 Å². The smallest absolute Gasteiger partial charge is 0.226 e. The largest absolute Gasteiger partial charge is 0.496 e. The van der Waals surface area contributed by atoms with Crippen molar-refractivity contribution in [2.45, 2.75) is 12.1 Å². The Kier molecular flexibility index (Phi) is 5.60. The molecular weight excluding hydrogens is 472 g/mol. The molecular formula is C28H26N4O5. The van der Waals surface area contributed by atoms with E-state index < -0.39 is 12.1 Å². The van der Waals surface area contributed by atoms with Gasteiger partial charge < -0.3 is 29.0 Å². The predicted molar refractivity (Wildman–Crippen MR) is 138 cm³/mol. The van der Waals surface area contributed by atoms with E-state index >= 15 is 0 Å². The number of fused-ring (bicyclic) bond motifs is 3. The molecule has 0 unspecified atom stereocenters. The highest BCUT2D eigenvalue weighted by molar-refractivity contribution is 5.85. The van der Waals surface area contributed by atoms with Crippen LogP contribution in [0.1, 0.15) is 28.8 Å². The second-order valence-electron chi connectivity index (χ2n) is 8.58. The molecule has 0 radical (unpaired) electrons. The van der Waals surface area contributed by atoms with Crippen LogP contribution in [0.25, 0.3) is 5.70 Å². The van der Waals surface area contributed by atoms with E-state index in [1.807, 2.05) is 65.3 Å². The molecule has 0 saturated carbocycles. The fourth-order valence-corrected chi connectivity index (χ4v) is 5.14. The van der Waals surface area contributed by atoms with Gasteiger partial charge >= 0.3 is 0 Å². The fraction of sp³-hybridized carbons (Fsp3) is 0.214. The predicted octanol–water partition coefficient (Wildman–Crippen LogP) is 4.87. The lowest BCUT2D eigenvalue weighted by Gasteiger charge is -2.39. The molecule has 3 aromatic carbocycles. The van der Waals surface area contributed by atoms with Gasteiger partial charge in [0, 0.05) is 16.7 Å². The van der Waals surface area contributed by atoms with Crippen molar-refractivity contribution in [3.63, 3.8) is 0 Å². The van der Waals surface area contributed by atoms with Crippen LogP contribution in [0.15, 0.2) is 72.6 Å². The molecule has 2 aliphatic heterocycles. The molecule has 188 valence electrons. The van der Waals surface area contributed by atoms with Crippen molar-refractivity contribution in [3.8, 4) is 28.7 Å². The van der Waals surface area contributed by atoms with Crippen LogP contribution in [0.3, 0.4) is 0 Å². The normalized spacial score (nSPS) is 17.5. The van der Waals surface area contributed by atoms with Gasteiger partial charge in [-0.1, -0.05) is 30.3 Å². The van der Waals surface area contributed by atoms with E-state index in [9.17, 15) is 0 Å². The molecule has 1 N–H and O–H groups in total. The zero-order valence-corrected chi connectivity index (χ0v) is 20.9. The van der Waals surface area contributed by atoms with Crippen molar-refractivity contribution >= 4 is 11.6 Å². The molecule has 1 aromatic heterocycles. The highest BCUT2D eigenvalue weighted by atomic mass is 16.5. The van der Waals surface area contributed by atoms with E-state index in [1.54, 1.807) is 28.4 Å². The molecule has 0 amide bonds. The van der Waals surface area contributed by atoms with Gasteiger partial charge in [0.1, 0.15) is 23.9 Å².